The number of para-hydroxylation sites is 1. The number of amides is 3. The summed E-state index contributed by atoms with van der Waals surface area (Å²) in [5.41, 5.74) is 2.52. The highest BCUT2D eigenvalue weighted by atomic mass is 16.5. The van der Waals surface area contributed by atoms with Crippen molar-refractivity contribution in [1.82, 2.24) is 9.80 Å². The van der Waals surface area contributed by atoms with Crippen LogP contribution in [0.15, 0.2) is 65.3 Å². The highest BCUT2D eigenvalue weighted by molar-refractivity contribution is 6.23. The van der Waals surface area contributed by atoms with E-state index in [1.54, 1.807) is 31.4 Å². The largest absolute Gasteiger partial charge is 0.496 e. The molecule has 198 valence electrons. The third kappa shape index (κ3) is 4.66. The predicted octanol–water partition coefficient (Wildman–Crippen LogP) is 4.56. The van der Waals surface area contributed by atoms with Crippen molar-refractivity contribution in [2.24, 2.45) is 5.92 Å². The van der Waals surface area contributed by atoms with Crippen molar-refractivity contribution in [1.29, 1.82) is 0 Å². The van der Waals surface area contributed by atoms with Gasteiger partial charge in [0, 0.05) is 26.7 Å². The van der Waals surface area contributed by atoms with Crippen LogP contribution in [0.2, 0.25) is 0 Å². The topological polar surface area (TPSA) is 83.3 Å². The van der Waals surface area contributed by atoms with Crippen molar-refractivity contribution in [3.63, 3.8) is 0 Å². The first-order valence-corrected chi connectivity index (χ1v) is 13.1. The molecule has 1 fully saturated rings. The molecule has 0 aliphatic carbocycles. The zero-order valence-corrected chi connectivity index (χ0v) is 22.1. The Bertz CT molecular complexity index is 1340. The van der Waals surface area contributed by atoms with Gasteiger partial charge in [0.05, 0.1) is 42.1 Å². The second kappa shape index (κ2) is 10.7. The summed E-state index contributed by atoms with van der Waals surface area (Å²) in [5, 5.41) is 0. The summed E-state index contributed by atoms with van der Waals surface area (Å²) in [6, 6.07) is 16.6. The molecule has 1 aromatic heterocycles. The minimum absolute atomic E-state index is 0.0482. The molecular formula is C30H33N3O5. The molecule has 8 heteroatoms. The highest BCUT2D eigenvalue weighted by Gasteiger charge is 2.39. The van der Waals surface area contributed by atoms with Crippen molar-refractivity contribution in [2.45, 2.75) is 32.2 Å². The van der Waals surface area contributed by atoms with Gasteiger partial charge in [-0.05, 0) is 62.1 Å². The lowest BCUT2D eigenvalue weighted by Crippen LogP contribution is -2.44. The fourth-order valence-electron chi connectivity index (χ4n) is 5.52. The van der Waals surface area contributed by atoms with Crippen molar-refractivity contribution >= 4 is 23.4 Å². The Hall–Kier alpha value is -4.07. The quantitative estimate of drug-likeness (QED) is 0.409. The normalized spacial score (nSPS) is 17.9. The summed E-state index contributed by atoms with van der Waals surface area (Å²) < 4.78 is 10.9. The van der Waals surface area contributed by atoms with Crippen molar-refractivity contribution in [3.8, 4) is 5.75 Å². The zero-order valence-electron chi connectivity index (χ0n) is 22.1. The Morgan fingerprint density at radius 3 is 2.68 bits per heavy atom. The van der Waals surface area contributed by atoms with E-state index in [0.29, 0.717) is 24.1 Å². The summed E-state index contributed by atoms with van der Waals surface area (Å²) in [7, 11) is 3.41. The Labute approximate surface area is 222 Å². The van der Waals surface area contributed by atoms with Gasteiger partial charge in [-0.15, -0.1) is 0 Å². The molecule has 0 saturated carbocycles. The first-order valence-electron chi connectivity index (χ1n) is 13.1. The SMILES string of the molecule is COc1ccccc1CCN1C(=O)c2cccc(N3CCC[C@H](C(=O)N(C)[C@@H](C)c4ccco4)C3)c2C1=O. The lowest BCUT2D eigenvalue weighted by molar-refractivity contribution is -0.136. The van der Waals surface area contributed by atoms with Crippen molar-refractivity contribution < 1.29 is 23.5 Å². The van der Waals surface area contributed by atoms with E-state index >= 15 is 0 Å². The van der Waals surface area contributed by atoms with Crippen molar-refractivity contribution in [3.05, 3.63) is 83.3 Å². The summed E-state index contributed by atoms with van der Waals surface area (Å²) in [6.07, 6.45) is 3.71. The van der Waals surface area contributed by atoms with Crippen LogP contribution in [0.1, 0.15) is 57.8 Å². The molecule has 38 heavy (non-hydrogen) atoms. The Balaban J connectivity index is 1.32. The molecule has 2 aliphatic heterocycles. The zero-order chi connectivity index (χ0) is 26.8. The summed E-state index contributed by atoms with van der Waals surface area (Å²) in [6.45, 7) is 3.43. The number of rotatable bonds is 8. The number of piperidine rings is 1. The van der Waals surface area contributed by atoms with E-state index in [2.05, 4.69) is 4.90 Å². The van der Waals surface area contributed by atoms with E-state index in [-0.39, 0.29) is 36.2 Å². The van der Waals surface area contributed by atoms with Crippen LogP contribution in [0.5, 0.6) is 5.75 Å². The van der Waals surface area contributed by atoms with Gasteiger partial charge in [0.15, 0.2) is 0 Å². The fourth-order valence-corrected chi connectivity index (χ4v) is 5.52. The molecule has 0 spiro atoms. The maximum atomic E-state index is 13.6. The molecular weight excluding hydrogens is 482 g/mol. The van der Waals surface area contributed by atoms with Gasteiger partial charge in [-0.25, -0.2) is 0 Å². The molecule has 3 heterocycles. The number of hydrogen-bond acceptors (Lipinski definition) is 6. The second-order valence-corrected chi connectivity index (χ2v) is 9.95. The van der Waals surface area contributed by atoms with Gasteiger partial charge in [-0.2, -0.15) is 0 Å². The maximum Gasteiger partial charge on any atom is 0.263 e. The molecule has 2 aliphatic rings. The standard InChI is InChI=1S/C30H33N3O5/c1-20(25-14-8-18-38-25)31(2)28(34)22-10-7-16-32(19-22)24-12-6-11-23-27(24)30(36)33(29(23)35)17-15-21-9-4-5-13-26(21)37-3/h4-6,8-9,11-14,18,20,22H,7,10,15-17,19H2,1-3H3/t20-,22-/m0/s1. The molecule has 3 aromatic rings. The summed E-state index contributed by atoms with van der Waals surface area (Å²) in [4.78, 5) is 45.4. The van der Waals surface area contributed by atoms with E-state index in [4.69, 9.17) is 9.15 Å². The average molecular weight is 516 g/mol. The molecule has 2 atom stereocenters. The highest BCUT2D eigenvalue weighted by Crippen LogP contribution is 2.35. The van der Waals surface area contributed by atoms with Gasteiger partial charge in [0.2, 0.25) is 5.91 Å². The van der Waals surface area contributed by atoms with E-state index in [0.717, 1.165) is 42.1 Å². The number of carbonyl (C=O) groups is 3. The molecule has 8 nitrogen and oxygen atoms in total. The van der Waals surface area contributed by atoms with Crippen LogP contribution >= 0.6 is 0 Å². The number of carbonyl (C=O) groups excluding carboxylic acids is 3. The van der Waals surface area contributed by atoms with Gasteiger partial charge in [-0.1, -0.05) is 24.3 Å². The second-order valence-electron chi connectivity index (χ2n) is 9.95. The minimum Gasteiger partial charge on any atom is -0.496 e. The summed E-state index contributed by atoms with van der Waals surface area (Å²) in [5.74, 6) is 0.751. The molecule has 0 unspecified atom stereocenters. The van der Waals surface area contributed by atoms with Crippen LogP contribution in [0, 0.1) is 5.92 Å². The van der Waals surface area contributed by atoms with Crippen LogP contribution in [0.3, 0.4) is 0 Å². The van der Waals surface area contributed by atoms with Crippen LogP contribution in [0.25, 0.3) is 0 Å². The van der Waals surface area contributed by atoms with Crippen LogP contribution < -0.4 is 9.64 Å². The molecule has 0 N–H and O–H groups in total. The van der Waals surface area contributed by atoms with Gasteiger partial charge < -0.3 is 19.0 Å². The van der Waals surface area contributed by atoms with E-state index in [1.165, 1.54) is 4.90 Å². The number of hydrogen-bond donors (Lipinski definition) is 0. The van der Waals surface area contributed by atoms with E-state index in [1.807, 2.05) is 55.5 Å². The Kier molecular flexibility index (Phi) is 7.22. The van der Waals surface area contributed by atoms with Crippen molar-refractivity contribution in [2.75, 3.05) is 38.7 Å². The van der Waals surface area contributed by atoms with Crippen LogP contribution in [-0.2, 0) is 11.2 Å². The number of fused-ring (bicyclic) bond motifs is 1. The lowest BCUT2D eigenvalue weighted by Gasteiger charge is -2.37. The van der Waals surface area contributed by atoms with Gasteiger partial charge in [0.25, 0.3) is 11.8 Å². The Morgan fingerprint density at radius 2 is 1.92 bits per heavy atom. The molecule has 0 bridgehead atoms. The summed E-state index contributed by atoms with van der Waals surface area (Å²) >= 11 is 0. The molecule has 0 radical (unpaired) electrons. The monoisotopic (exact) mass is 515 g/mol. The third-order valence-corrected chi connectivity index (χ3v) is 7.77. The number of methoxy groups -OCH3 is 1. The number of benzene rings is 2. The van der Waals surface area contributed by atoms with Gasteiger partial charge in [0.1, 0.15) is 11.5 Å². The average Bonchev–Trinajstić information content (AvgIpc) is 3.58. The number of furan rings is 1. The van der Waals surface area contributed by atoms with Crippen LogP contribution in [-0.4, -0.2) is 61.3 Å². The Morgan fingerprint density at radius 1 is 1.11 bits per heavy atom. The lowest BCUT2D eigenvalue weighted by atomic mass is 9.94. The molecule has 1 saturated heterocycles. The number of imide groups is 1. The van der Waals surface area contributed by atoms with E-state index < -0.39 is 0 Å². The molecule has 5 rings (SSSR count). The van der Waals surface area contributed by atoms with E-state index in [9.17, 15) is 14.4 Å². The predicted molar refractivity (Wildman–Crippen MR) is 143 cm³/mol. The number of anilines is 1. The fraction of sp³-hybridized carbons (Fsp3) is 0.367. The number of ether oxygens (including phenoxy) is 1. The molecule has 3 amide bonds. The molecule has 2 aromatic carbocycles. The third-order valence-electron chi connectivity index (χ3n) is 7.77. The smallest absolute Gasteiger partial charge is 0.263 e. The first-order chi connectivity index (χ1) is 18.4. The minimum atomic E-state index is -0.285. The van der Waals surface area contributed by atoms with Gasteiger partial charge in [-0.3, -0.25) is 19.3 Å². The maximum absolute atomic E-state index is 13.6. The van der Waals surface area contributed by atoms with Crippen LogP contribution in [0.4, 0.5) is 5.69 Å². The first kappa shape index (κ1) is 25.6. The number of nitrogens with zero attached hydrogens (tertiary/aromatic N) is 3. The van der Waals surface area contributed by atoms with Gasteiger partial charge >= 0.3 is 0 Å².